The van der Waals surface area contributed by atoms with Crippen LogP contribution < -0.4 is 42.4 Å². The van der Waals surface area contributed by atoms with E-state index in [1.54, 1.807) is 12.1 Å². The summed E-state index contributed by atoms with van der Waals surface area (Å²) < 4.78 is 0. The van der Waals surface area contributed by atoms with Gasteiger partial charge in [0.05, 0.1) is 22.2 Å². The molecule has 0 saturated heterocycles. The molecule has 4 N–H and O–H groups in total. The van der Waals surface area contributed by atoms with Gasteiger partial charge >= 0.3 is 143 Å². The van der Waals surface area contributed by atoms with Crippen molar-refractivity contribution in [2.75, 3.05) is 0 Å². The van der Waals surface area contributed by atoms with E-state index in [0.29, 0.717) is 57.3 Å². The van der Waals surface area contributed by atoms with Gasteiger partial charge < -0.3 is 20.4 Å². The average molecular weight is 1670 g/mol. The Bertz CT molecular complexity index is 3620. The second-order valence-electron chi connectivity index (χ2n) is 24.8. The molecule has 8 aromatic rings. The van der Waals surface area contributed by atoms with Crippen molar-refractivity contribution in [2.24, 2.45) is 20.0 Å². The van der Waals surface area contributed by atoms with E-state index >= 15 is 0 Å². The Hall–Kier alpha value is -1.46. The Morgan fingerprint density at radius 3 is 0.917 bits per heavy atom. The van der Waals surface area contributed by atoms with Crippen LogP contribution in [0.25, 0.3) is 0 Å². The summed E-state index contributed by atoms with van der Waals surface area (Å²) in [5, 5.41) is 49.1. The van der Waals surface area contributed by atoms with Crippen LogP contribution >= 0.6 is 109 Å². The Morgan fingerprint density at radius 1 is 0.292 bits per heavy atom. The third kappa shape index (κ3) is 41.6. The number of nitrogens with zero attached hydrogens (tertiary/aromatic N) is 4. The molecule has 0 saturated carbocycles. The van der Waals surface area contributed by atoms with Crippen molar-refractivity contribution >= 4 is 176 Å². The van der Waals surface area contributed by atoms with E-state index in [2.05, 4.69) is 165 Å². The fourth-order valence-electron chi connectivity index (χ4n) is 7.67. The first kappa shape index (κ1) is 92.5. The van der Waals surface area contributed by atoms with E-state index in [1.165, 1.54) is 26.8 Å². The number of hydrogen-bond acceptors (Lipinski definition) is 8. The Kier molecular flexibility index (Phi) is 48.2. The van der Waals surface area contributed by atoms with Gasteiger partial charge in [0.1, 0.15) is 23.0 Å². The first-order valence-corrected chi connectivity index (χ1v) is 51.0. The van der Waals surface area contributed by atoms with Crippen LogP contribution in [0.15, 0.2) is 190 Å². The summed E-state index contributed by atoms with van der Waals surface area (Å²) >= 11 is -2.22. The molecule has 0 radical (unpaired) electrons. The summed E-state index contributed by atoms with van der Waals surface area (Å²) in [7, 11) is 40.8. The Balaban J connectivity index is 0.000000605. The molecule has 0 aliphatic carbocycles. The zero-order chi connectivity index (χ0) is 72.7. The molecule has 0 aromatic heterocycles. The van der Waals surface area contributed by atoms with E-state index in [0.717, 1.165) is 60.2 Å². The van der Waals surface area contributed by atoms with Gasteiger partial charge in [-0.2, -0.15) is 0 Å². The van der Waals surface area contributed by atoms with Gasteiger partial charge in [-0.25, -0.2) is 0 Å². The van der Waals surface area contributed by atoms with Crippen LogP contribution in [0.2, 0.25) is 0 Å². The molecule has 24 heteroatoms. The van der Waals surface area contributed by atoms with Gasteiger partial charge in [0.2, 0.25) is 0 Å². The van der Waals surface area contributed by atoms with Gasteiger partial charge in [0, 0.05) is 68.3 Å². The van der Waals surface area contributed by atoms with Crippen molar-refractivity contribution < 1.29 is 88.6 Å². The van der Waals surface area contributed by atoms with Gasteiger partial charge in [-0.3, -0.25) is 20.0 Å². The topological polar surface area (TPSA) is 130 Å². The maximum absolute atomic E-state index is 10.3. The molecule has 0 amide bonds. The van der Waals surface area contributed by atoms with Gasteiger partial charge in [-0.1, -0.05) is 185 Å². The normalized spacial score (nSPS) is 11.6. The first-order valence-electron chi connectivity index (χ1n) is 29.8. The van der Waals surface area contributed by atoms with Crippen molar-refractivity contribution in [3.05, 3.63) is 214 Å². The van der Waals surface area contributed by atoms with Crippen molar-refractivity contribution in [3.63, 3.8) is 0 Å². The predicted molar refractivity (Wildman–Crippen MR) is 424 cm³/mol. The monoisotopic (exact) mass is 1670 g/mol. The maximum atomic E-state index is 10.3. The molecular formula is C72H88Cl8N4O4P4Ti4. The number of halogens is 8. The second kappa shape index (κ2) is 50.0. The number of benzene rings is 8. The van der Waals surface area contributed by atoms with Crippen molar-refractivity contribution in [3.8, 4) is 23.0 Å². The van der Waals surface area contributed by atoms with E-state index in [1.807, 2.05) is 149 Å². The second-order valence-corrected chi connectivity index (χ2v) is 40.5. The summed E-state index contributed by atoms with van der Waals surface area (Å²) in [5.74, 6) is 1.53. The molecule has 0 bridgehead atoms. The SMILES string of the molecule is CC(C)(C)N=Cc1ccccc1Pc1ccccc1O.Cc1cc(C)c(O)c(Pc2ccccc2C=NC(C)(C)C)c1.Cc1ccc(O)c(Pc2ccccc2C=NC(C)(C)C)c1.Cc1cccc(Pc2ccccc2C=NC(C)(C)C)c1O.[Cl][Ti][Cl].[Cl][Ti][Cl].[Cl][Ti][Cl].[Cl][Ti][Cl]. The number of phenols is 4. The molecule has 0 aliphatic rings. The molecule has 8 rings (SSSR count). The molecule has 4 unspecified atom stereocenters. The number of rotatable bonds is 12. The van der Waals surface area contributed by atoms with Crippen LogP contribution in [0.5, 0.6) is 23.0 Å². The quantitative estimate of drug-likeness (QED) is 0.0551. The Morgan fingerprint density at radius 2 is 0.562 bits per heavy atom. The van der Waals surface area contributed by atoms with Gasteiger partial charge in [0.25, 0.3) is 0 Å². The van der Waals surface area contributed by atoms with Crippen molar-refractivity contribution in [2.45, 2.75) is 133 Å². The number of para-hydroxylation sites is 2. The van der Waals surface area contributed by atoms with E-state index < -0.39 is 68.1 Å². The molecule has 0 heterocycles. The summed E-state index contributed by atoms with van der Waals surface area (Å²) in [6.07, 6.45) is 7.76. The van der Waals surface area contributed by atoms with Crippen LogP contribution in [0.3, 0.4) is 0 Å². The predicted octanol–water partition coefficient (Wildman–Crippen LogP) is 19.7. The minimum atomic E-state index is -0.556. The van der Waals surface area contributed by atoms with E-state index in [9.17, 15) is 20.4 Å². The summed E-state index contributed by atoms with van der Waals surface area (Å²) in [6.45, 7) is 33.0. The number of aryl methyl sites for hydroxylation is 4. The molecule has 8 aromatic carbocycles. The molecule has 0 aliphatic heterocycles. The van der Waals surface area contributed by atoms with Crippen molar-refractivity contribution in [1.82, 2.24) is 0 Å². The van der Waals surface area contributed by atoms with Crippen molar-refractivity contribution in [1.29, 1.82) is 0 Å². The number of aliphatic imine (C=N–C) groups is 4. The zero-order valence-corrected chi connectivity index (χ0v) is 73.4. The summed E-state index contributed by atoms with van der Waals surface area (Å²) in [5.41, 5.74) is 8.34. The van der Waals surface area contributed by atoms with E-state index in [4.69, 9.17) is 74.4 Å². The van der Waals surface area contributed by atoms with Crippen LogP contribution in [-0.4, -0.2) is 67.4 Å². The molecule has 0 fully saturated rings. The van der Waals surface area contributed by atoms with E-state index in [-0.39, 0.29) is 22.2 Å². The third-order valence-electron chi connectivity index (χ3n) is 12.0. The van der Waals surface area contributed by atoms with Crippen LogP contribution in [0, 0.1) is 27.7 Å². The van der Waals surface area contributed by atoms with Crippen LogP contribution in [0.4, 0.5) is 0 Å². The number of aromatic hydroxyl groups is 4. The zero-order valence-electron chi connectivity index (χ0n) is 57.1. The number of phenolic OH excluding ortho intramolecular Hbond substituents is 4. The molecule has 96 heavy (non-hydrogen) atoms. The third-order valence-corrected chi connectivity index (χ3v) is 17.6. The standard InChI is InChI=1S/C19H24NOP.2C18H22NOP.C17H20NOP.8ClH.4Ti/c1-13-10-14(2)18(21)17(11-13)22-16-9-7-6-8-15(16)12-20-19(3,4)5;1-13-8-7-11-16(17(13)20)21-15-10-6-5-9-14(15)12-19-18(2,3)4;1-13-9-10-15(20)17(11-13)21-16-8-6-5-7-14(16)12-19-18(2,3)4;1-17(2,3)18-12-13-8-4-6-10-15(13)20-16-11-7-5-9-14(16)19;;;;;;;;;;;;/h6-12,21-22H,1-5H3;2*5-12,20-21H,1-4H3;4-12,19-20H,1-3H3;8*1H;;;;/q;;;;;;;;;;;;4*+2/p-8. The molecule has 512 valence electrons. The fourth-order valence-corrected chi connectivity index (χ4v) is 12.7. The van der Waals surface area contributed by atoms with Gasteiger partial charge in [0.15, 0.2) is 0 Å². The fraction of sp³-hybridized carbons (Fsp3) is 0.278. The van der Waals surface area contributed by atoms with Crippen LogP contribution in [0.1, 0.15) is 128 Å². The molecule has 0 spiro atoms. The van der Waals surface area contributed by atoms with Crippen LogP contribution in [-0.2, 0) is 68.1 Å². The molecule has 4 atom stereocenters. The first-order chi connectivity index (χ1) is 45.1. The molecular weight excluding hydrogens is 1580 g/mol. The average Bonchev–Trinajstić information content (AvgIpc) is 0.865. The summed E-state index contributed by atoms with van der Waals surface area (Å²) in [4.78, 5) is 18.3. The number of hydrogen-bond donors (Lipinski definition) is 4. The minimum absolute atomic E-state index is 0.0783. The Labute approximate surface area is 647 Å². The summed E-state index contributed by atoms with van der Waals surface area (Å²) in [6, 6.07) is 56.1. The van der Waals surface area contributed by atoms with Gasteiger partial charge in [-0.15, -0.1) is 0 Å². The van der Waals surface area contributed by atoms with Gasteiger partial charge in [-0.05, 0) is 173 Å². The molecule has 8 nitrogen and oxygen atoms in total.